The minimum Gasteiger partial charge on any atom is -0.368 e. The third kappa shape index (κ3) is 4.08. The molecule has 1 amide bonds. The summed E-state index contributed by atoms with van der Waals surface area (Å²) >= 11 is 1.64. The first-order chi connectivity index (χ1) is 13.2. The SMILES string of the molecule is C[C@@H](SCC(=O)N1CCN(c2cc[nH+]cc2)CC1)c1nc2ccccc2[nH]1. The Morgan fingerprint density at radius 3 is 2.67 bits per heavy atom. The van der Waals surface area contributed by atoms with Gasteiger partial charge in [-0.1, -0.05) is 12.1 Å². The van der Waals surface area contributed by atoms with E-state index in [9.17, 15) is 4.79 Å². The molecule has 2 aromatic heterocycles. The van der Waals surface area contributed by atoms with Gasteiger partial charge in [0, 0.05) is 44.0 Å². The molecular formula is C20H24N5OS+. The normalized spacial score (nSPS) is 15.9. The highest BCUT2D eigenvalue weighted by atomic mass is 32.2. The molecule has 27 heavy (non-hydrogen) atoms. The van der Waals surface area contributed by atoms with Crippen molar-refractivity contribution in [1.29, 1.82) is 0 Å². The average molecular weight is 383 g/mol. The molecule has 140 valence electrons. The summed E-state index contributed by atoms with van der Waals surface area (Å²) in [5.41, 5.74) is 3.22. The highest BCUT2D eigenvalue weighted by Gasteiger charge is 2.22. The molecule has 1 aliphatic heterocycles. The van der Waals surface area contributed by atoms with E-state index in [0.717, 1.165) is 43.0 Å². The van der Waals surface area contributed by atoms with Crippen LogP contribution in [0.4, 0.5) is 5.69 Å². The van der Waals surface area contributed by atoms with Gasteiger partial charge in [-0.05, 0) is 19.1 Å². The van der Waals surface area contributed by atoms with Gasteiger partial charge in [-0.15, -0.1) is 11.8 Å². The summed E-state index contributed by atoms with van der Waals surface area (Å²) in [4.78, 5) is 27.9. The second-order valence-electron chi connectivity index (χ2n) is 6.72. The summed E-state index contributed by atoms with van der Waals surface area (Å²) in [6.45, 7) is 5.40. The lowest BCUT2D eigenvalue weighted by Crippen LogP contribution is -2.49. The molecule has 0 spiro atoms. The number of aromatic amines is 2. The maximum Gasteiger partial charge on any atom is 0.232 e. The van der Waals surface area contributed by atoms with Crippen molar-refractivity contribution >= 4 is 34.4 Å². The fourth-order valence-corrected chi connectivity index (χ4v) is 4.18. The summed E-state index contributed by atoms with van der Waals surface area (Å²) in [7, 11) is 0. The smallest absolute Gasteiger partial charge is 0.232 e. The maximum atomic E-state index is 12.6. The Bertz CT molecular complexity index is 872. The molecule has 1 saturated heterocycles. The number of H-pyrrole nitrogens is 2. The molecule has 1 aromatic carbocycles. The number of amides is 1. The summed E-state index contributed by atoms with van der Waals surface area (Å²) in [6.07, 6.45) is 3.87. The molecule has 2 N–H and O–H groups in total. The lowest BCUT2D eigenvalue weighted by atomic mass is 10.2. The minimum atomic E-state index is 0.156. The number of carbonyl (C=O) groups is 1. The highest BCUT2D eigenvalue weighted by Crippen LogP contribution is 2.28. The molecule has 0 radical (unpaired) electrons. The van der Waals surface area contributed by atoms with Crippen LogP contribution >= 0.6 is 11.8 Å². The van der Waals surface area contributed by atoms with E-state index >= 15 is 0 Å². The van der Waals surface area contributed by atoms with Gasteiger partial charge in [0.05, 0.1) is 22.0 Å². The van der Waals surface area contributed by atoms with Crippen LogP contribution in [0.15, 0.2) is 48.8 Å². The summed E-state index contributed by atoms with van der Waals surface area (Å²) in [5, 5.41) is 0.156. The standard InChI is InChI=1S/C20H23N5OS/c1-15(20-22-17-4-2-3-5-18(17)23-20)27-14-19(26)25-12-10-24(11-13-25)16-6-8-21-9-7-16/h2-9,15H,10-14H2,1H3,(H,22,23)/p+1/t15-/m1/s1. The minimum absolute atomic E-state index is 0.156. The fraction of sp³-hybridized carbons (Fsp3) is 0.350. The van der Waals surface area contributed by atoms with Crippen LogP contribution in [0.5, 0.6) is 0 Å². The zero-order valence-electron chi connectivity index (χ0n) is 15.4. The van der Waals surface area contributed by atoms with Crippen LogP contribution in [0, 0.1) is 0 Å². The molecule has 1 fully saturated rings. The number of hydrogen-bond donors (Lipinski definition) is 1. The topological polar surface area (TPSA) is 66.4 Å². The lowest BCUT2D eigenvalue weighted by Gasteiger charge is -2.35. The van der Waals surface area contributed by atoms with Gasteiger partial charge in [-0.3, -0.25) is 4.79 Å². The van der Waals surface area contributed by atoms with Gasteiger partial charge in [0.1, 0.15) is 5.82 Å². The predicted molar refractivity (Wildman–Crippen MR) is 109 cm³/mol. The van der Waals surface area contributed by atoms with Crippen molar-refractivity contribution in [3.8, 4) is 0 Å². The molecule has 3 aromatic rings. The third-order valence-electron chi connectivity index (χ3n) is 4.95. The van der Waals surface area contributed by atoms with Crippen LogP contribution in [0.2, 0.25) is 0 Å². The quantitative estimate of drug-likeness (QED) is 0.736. The van der Waals surface area contributed by atoms with Gasteiger partial charge in [0.25, 0.3) is 0 Å². The first kappa shape index (κ1) is 17.9. The summed E-state index contributed by atoms with van der Waals surface area (Å²) in [6, 6.07) is 12.2. The van der Waals surface area contributed by atoms with E-state index in [1.54, 1.807) is 11.8 Å². The van der Waals surface area contributed by atoms with Gasteiger partial charge in [-0.25, -0.2) is 9.97 Å². The largest absolute Gasteiger partial charge is 0.368 e. The monoisotopic (exact) mass is 382 g/mol. The van der Waals surface area contributed by atoms with E-state index in [2.05, 4.69) is 38.9 Å². The lowest BCUT2D eigenvalue weighted by molar-refractivity contribution is -0.377. The Kier molecular flexibility index (Phi) is 5.29. The second kappa shape index (κ2) is 8.00. The molecular weight excluding hydrogens is 358 g/mol. The van der Waals surface area contributed by atoms with Gasteiger partial charge < -0.3 is 14.8 Å². The van der Waals surface area contributed by atoms with Crippen LogP contribution in [0.25, 0.3) is 11.0 Å². The number of nitrogens with zero attached hydrogens (tertiary/aromatic N) is 3. The van der Waals surface area contributed by atoms with Crippen LogP contribution in [0.1, 0.15) is 18.0 Å². The first-order valence-corrected chi connectivity index (χ1v) is 10.3. The number of fused-ring (bicyclic) bond motifs is 1. The summed E-state index contributed by atoms with van der Waals surface area (Å²) < 4.78 is 0. The number of anilines is 1. The number of piperazine rings is 1. The van der Waals surface area contributed by atoms with E-state index in [4.69, 9.17) is 0 Å². The number of para-hydroxylation sites is 2. The number of rotatable bonds is 5. The molecule has 0 saturated carbocycles. The number of carbonyl (C=O) groups excluding carboxylic acids is 1. The van der Waals surface area contributed by atoms with Crippen molar-refractivity contribution in [2.24, 2.45) is 0 Å². The van der Waals surface area contributed by atoms with Gasteiger partial charge in [-0.2, -0.15) is 0 Å². The number of benzene rings is 1. The zero-order chi connectivity index (χ0) is 18.6. The van der Waals surface area contributed by atoms with E-state index in [0.29, 0.717) is 5.75 Å². The summed E-state index contributed by atoms with van der Waals surface area (Å²) in [5.74, 6) is 1.63. The van der Waals surface area contributed by atoms with Crippen molar-refractivity contribution in [3.63, 3.8) is 0 Å². The molecule has 1 aliphatic rings. The first-order valence-electron chi connectivity index (χ1n) is 9.26. The van der Waals surface area contributed by atoms with Crippen LogP contribution < -0.4 is 9.88 Å². The molecule has 1 atom stereocenters. The number of imidazole rings is 1. The van der Waals surface area contributed by atoms with Gasteiger partial charge in [0.2, 0.25) is 5.91 Å². The Labute approximate surface area is 163 Å². The molecule has 3 heterocycles. The second-order valence-corrected chi connectivity index (χ2v) is 8.05. The Morgan fingerprint density at radius 1 is 1.19 bits per heavy atom. The number of nitrogens with one attached hydrogen (secondary N) is 2. The van der Waals surface area contributed by atoms with Crippen molar-refractivity contribution in [2.75, 3.05) is 36.8 Å². The van der Waals surface area contributed by atoms with E-state index in [1.165, 1.54) is 5.69 Å². The average Bonchev–Trinajstić information content (AvgIpc) is 3.17. The molecule has 6 nitrogen and oxygen atoms in total. The van der Waals surface area contributed by atoms with Crippen molar-refractivity contribution < 1.29 is 9.78 Å². The number of aromatic nitrogens is 3. The van der Waals surface area contributed by atoms with Crippen molar-refractivity contribution in [2.45, 2.75) is 12.2 Å². The van der Waals surface area contributed by atoms with Crippen LogP contribution in [-0.4, -0.2) is 52.7 Å². The Hall–Kier alpha value is -2.54. The third-order valence-corrected chi connectivity index (χ3v) is 6.08. The molecule has 0 unspecified atom stereocenters. The molecule has 0 aliphatic carbocycles. The van der Waals surface area contributed by atoms with Crippen LogP contribution in [0.3, 0.4) is 0 Å². The van der Waals surface area contributed by atoms with Crippen molar-refractivity contribution in [3.05, 3.63) is 54.6 Å². The van der Waals surface area contributed by atoms with E-state index < -0.39 is 0 Å². The molecule has 7 heteroatoms. The zero-order valence-corrected chi connectivity index (χ0v) is 16.2. The maximum absolute atomic E-state index is 12.6. The highest BCUT2D eigenvalue weighted by molar-refractivity contribution is 8.00. The van der Waals surface area contributed by atoms with Gasteiger partial charge in [0.15, 0.2) is 12.4 Å². The van der Waals surface area contributed by atoms with E-state index in [1.807, 2.05) is 41.6 Å². The van der Waals surface area contributed by atoms with Crippen molar-refractivity contribution in [1.82, 2.24) is 14.9 Å². The fourth-order valence-electron chi connectivity index (χ4n) is 3.33. The number of thioether (sulfide) groups is 1. The Morgan fingerprint density at radius 2 is 1.93 bits per heavy atom. The number of pyridine rings is 1. The Balaban J connectivity index is 1.28. The van der Waals surface area contributed by atoms with Crippen LogP contribution in [-0.2, 0) is 4.79 Å². The molecule has 4 rings (SSSR count). The predicted octanol–water partition coefficient (Wildman–Crippen LogP) is 2.52. The van der Waals surface area contributed by atoms with Gasteiger partial charge >= 0.3 is 0 Å². The number of hydrogen-bond acceptors (Lipinski definition) is 4. The van der Waals surface area contributed by atoms with E-state index in [-0.39, 0.29) is 11.2 Å². The molecule has 0 bridgehead atoms.